The van der Waals surface area contributed by atoms with E-state index < -0.39 is 16.1 Å². The number of benzene rings is 3. The first kappa shape index (κ1) is 31.9. The Labute approximate surface area is 258 Å². The quantitative estimate of drug-likeness (QED) is 0.209. The van der Waals surface area contributed by atoms with Crippen molar-refractivity contribution in [2.24, 2.45) is 0 Å². The number of rotatable bonds is 14. The number of hydrogen-bond donors (Lipinski definition) is 2. The zero-order valence-corrected chi connectivity index (χ0v) is 25.5. The van der Waals surface area contributed by atoms with Gasteiger partial charge >= 0.3 is 0 Å². The van der Waals surface area contributed by atoms with Crippen LogP contribution in [0.1, 0.15) is 35.6 Å². The minimum absolute atomic E-state index is 0.135. The molecule has 0 saturated carbocycles. The minimum Gasteiger partial charge on any atom is -0.350 e. The molecule has 4 aromatic rings. The topological polar surface area (TPSA) is 108 Å². The third-order valence-corrected chi connectivity index (χ3v) is 8.76. The van der Waals surface area contributed by atoms with E-state index in [1.165, 1.54) is 12.1 Å². The maximum Gasteiger partial charge on any atom is 0.243 e. The van der Waals surface area contributed by atoms with E-state index in [4.69, 9.17) is 11.6 Å². The average Bonchev–Trinajstić information content (AvgIpc) is 3.02. The summed E-state index contributed by atoms with van der Waals surface area (Å²) in [6.07, 6.45) is 4.19. The Kier molecular flexibility index (Phi) is 11.4. The summed E-state index contributed by atoms with van der Waals surface area (Å²) in [5.41, 5.74) is 3.49. The first-order chi connectivity index (χ1) is 20.7. The first-order valence-corrected chi connectivity index (χ1v) is 15.9. The summed E-state index contributed by atoms with van der Waals surface area (Å²) < 4.78 is 27.1. The van der Waals surface area contributed by atoms with E-state index >= 15 is 0 Å². The fourth-order valence-electron chi connectivity index (χ4n) is 4.65. The monoisotopic (exact) mass is 618 g/mol. The smallest absolute Gasteiger partial charge is 0.243 e. The molecule has 0 spiro atoms. The van der Waals surface area contributed by atoms with Crippen LogP contribution in [0.5, 0.6) is 0 Å². The highest BCUT2D eigenvalue weighted by atomic mass is 35.5. The molecule has 0 aliphatic carbocycles. The van der Waals surface area contributed by atoms with Crippen LogP contribution in [0, 0.1) is 0 Å². The number of aromatic nitrogens is 1. The summed E-state index contributed by atoms with van der Waals surface area (Å²) >= 11 is 6.11. The van der Waals surface area contributed by atoms with Crippen LogP contribution >= 0.6 is 11.6 Å². The molecule has 0 aliphatic heterocycles. The van der Waals surface area contributed by atoms with Gasteiger partial charge in [-0.3, -0.25) is 14.6 Å². The Hall–Kier alpha value is -4.05. The van der Waals surface area contributed by atoms with Gasteiger partial charge in [-0.1, -0.05) is 73.1 Å². The van der Waals surface area contributed by atoms with Gasteiger partial charge in [0.15, 0.2) is 0 Å². The van der Waals surface area contributed by atoms with Crippen LogP contribution in [0.3, 0.4) is 0 Å². The summed E-state index contributed by atoms with van der Waals surface area (Å²) in [4.78, 5) is 33.5. The van der Waals surface area contributed by atoms with Crippen molar-refractivity contribution in [2.45, 2.75) is 50.2 Å². The molecule has 8 nitrogen and oxygen atoms in total. The molecule has 3 aromatic carbocycles. The fraction of sp³-hybridized carbons (Fsp3) is 0.242. The van der Waals surface area contributed by atoms with E-state index in [0.717, 1.165) is 22.3 Å². The first-order valence-electron chi connectivity index (χ1n) is 14.1. The lowest BCUT2D eigenvalue weighted by atomic mass is 10.0. The predicted octanol–water partition coefficient (Wildman–Crippen LogP) is 4.92. The third-order valence-electron chi connectivity index (χ3n) is 6.95. The van der Waals surface area contributed by atoms with Gasteiger partial charge in [0.2, 0.25) is 21.8 Å². The van der Waals surface area contributed by atoms with E-state index in [9.17, 15) is 18.0 Å². The van der Waals surface area contributed by atoms with Crippen molar-refractivity contribution in [1.82, 2.24) is 19.9 Å². The van der Waals surface area contributed by atoms with Gasteiger partial charge in [0.25, 0.3) is 0 Å². The molecule has 0 bridgehead atoms. The molecule has 2 amide bonds. The lowest BCUT2D eigenvalue weighted by Gasteiger charge is -2.32. The standard InChI is InChI=1S/C33H35ClN4O4S/c1-2-37-43(41,42)30-15-10-25(11-16-30)12-17-32(39)38(24-28-8-13-29(34)14-9-28)31(22-26-6-4-3-5-7-26)33(40)36-23-27-18-20-35-21-19-27/h3-11,13-16,18-21,31,37H,2,12,17,22-24H2,1H3,(H,36,40)/t31-/m1/s1. The van der Waals surface area contributed by atoms with Crippen molar-refractivity contribution in [3.8, 4) is 0 Å². The number of nitrogens with one attached hydrogen (secondary N) is 2. The molecule has 0 unspecified atom stereocenters. The highest BCUT2D eigenvalue weighted by molar-refractivity contribution is 7.89. The van der Waals surface area contributed by atoms with Crippen LogP contribution in [-0.4, -0.2) is 42.7 Å². The largest absolute Gasteiger partial charge is 0.350 e. The number of pyridine rings is 1. The Balaban J connectivity index is 1.58. The van der Waals surface area contributed by atoms with Gasteiger partial charge in [-0.15, -0.1) is 0 Å². The summed E-state index contributed by atoms with van der Waals surface area (Å²) in [5, 5.41) is 3.59. The molecule has 0 fully saturated rings. The Morgan fingerprint density at radius 3 is 2.14 bits per heavy atom. The van der Waals surface area contributed by atoms with Crippen molar-refractivity contribution in [3.63, 3.8) is 0 Å². The predicted molar refractivity (Wildman–Crippen MR) is 168 cm³/mol. The molecule has 1 aromatic heterocycles. The second kappa shape index (κ2) is 15.4. The van der Waals surface area contributed by atoms with Crippen LogP contribution in [0.2, 0.25) is 5.02 Å². The Morgan fingerprint density at radius 2 is 1.49 bits per heavy atom. The molecule has 4 rings (SSSR count). The molecule has 0 saturated heterocycles. The molecule has 43 heavy (non-hydrogen) atoms. The van der Waals surface area contributed by atoms with Crippen molar-refractivity contribution in [1.29, 1.82) is 0 Å². The summed E-state index contributed by atoms with van der Waals surface area (Å²) in [6.45, 7) is 2.54. The van der Waals surface area contributed by atoms with Crippen molar-refractivity contribution in [2.75, 3.05) is 6.54 Å². The van der Waals surface area contributed by atoms with Gasteiger partial charge in [-0.25, -0.2) is 13.1 Å². The molecule has 10 heteroatoms. The number of aryl methyl sites for hydroxylation is 1. The summed E-state index contributed by atoms with van der Waals surface area (Å²) in [7, 11) is -3.57. The van der Waals surface area contributed by atoms with Gasteiger partial charge in [0, 0.05) is 49.9 Å². The summed E-state index contributed by atoms with van der Waals surface area (Å²) in [6, 6.07) is 26.2. The van der Waals surface area contributed by atoms with E-state index in [1.807, 2.05) is 54.6 Å². The van der Waals surface area contributed by atoms with E-state index in [-0.39, 0.29) is 29.7 Å². The van der Waals surface area contributed by atoms with Crippen LogP contribution in [0.4, 0.5) is 0 Å². The molecular formula is C33H35ClN4O4S. The number of hydrogen-bond acceptors (Lipinski definition) is 5. The fourth-order valence-corrected chi connectivity index (χ4v) is 5.82. The third kappa shape index (κ3) is 9.47. The number of carbonyl (C=O) groups is 2. The van der Waals surface area contributed by atoms with E-state index in [2.05, 4.69) is 15.0 Å². The second-order valence-electron chi connectivity index (χ2n) is 10.1. The van der Waals surface area contributed by atoms with Crippen molar-refractivity contribution in [3.05, 3.63) is 131 Å². The number of nitrogens with zero attached hydrogens (tertiary/aromatic N) is 2. The minimum atomic E-state index is -3.57. The molecule has 0 aliphatic rings. The number of carbonyl (C=O) groups excluding carboxylic acids is 2. The van der Waals surface area contributed by atoms with Gasteiger partial charge < -0.3 is 10.2 Å². The molecule has 2 N–H and O–H groups in total. The number of sulfonamides is 1. The highest BCUT2D eigenvalue weighted by Gasteiger charge is 2.30. The second-order valence-corrected chi connectivity index (χ2v) is 12.3. The molecule has 1 heterocycles. The molecule has 1 atom stereocenters. The lowest BCUT2D eigenvalue weighted by molar-refractivity contribution is -0.141. The van der Waals surface area contributed by atoms with E-state index in [0.29, 0.717) is 31.0 Å². The molecular weight excluding hydrogens is 584 g/mol. The molecule has 0 radical (unpaired) electrons. The van der Waals surface area contributed by atoms with Crippen molar-refractivity contribution < 1.29 is 18.0 Å². The Morgan fingerprint density at radius 1 is 0.837 bits per heavy atom. The maximum atomic E-state index is 13.9. The van der Waals surface area contributed by atoms with Crippen LogP contribution in [0.25, 0.3) is 0 Å². The Bertz CT molecular complexity index is 1580. The zero-order chi connectivity index (χ0) is 30.7. The van der Waals surface area contributed by atoms with Gasteiger partial charge in [-0.2, -0.15) is 0 Å². The van der Waals surface area contributed by atoms with Gasteiger partial charge in [0.1, 0.15) is 6.04 Å². The van der Waals surface area contributed by atoms with Gasteiger partial charge in [-0.05, 0) is 65.1 Å². The normalized spacial score (nSPS) is 12.0. The van der Waals surface area contributed by atoms with E-state index in [1.54, 1.807) is 48.5 Å². The van der Waals surface area contributed by atoms with Gasteiger partial charge in [0.05, 0.1) is 4.90 Å². The molecule has 224 valence electrons. The highest BCUT2D eigenvalue weighted by Crippen LogP contribution is 2.19. The maximum absolute atomic E-state index is 13.9. The van der Waals surface area contributed by atoms with Crippen LogP contribution < -0.4 is 10.0 Å². The summed E-state index contributed by atoms with van der Waals surface area (Å²) in [5.74, 6) is -0.458. The SMILES string of the molecule is CCNS(=O)(=O)c1ccc(CCC(=O)N(Cc2ccc(Cl)cc2)[C@H](Cc2ccccc2)C(=O)NCc2ccncc2)cc1. The lowest BCUT2D eigenvalue weighted by Crippen LogP contribution is -2.50. The zero-order valence-electron chi connectivity index (χ0n) is 23.9. The average molecular weight is 619 g/mol. The van der Waals surface area contributed by atoms with Crippen LogP contribution in [0.15, 0.2) is 108 Å². The number of amides is 2. The number of halogens is 1. The van der Waals surface area contributed by atoms with Crippen LogP contribution in [-0.2, 0) is 45.5 Å². The van der Waals surface area contributed by atoms with Crippen molar-refractivity contribution >= 4 is 33.4 Å².